The summed E-state index contributed by atoms with van der Waals surface area (Å²) in [5.41, 5.74) is 8.30. The molecule has 1 atom stereocenters. The fourth-order valence-corrected chi connectivity index (χ4v) is 2.26. The SMILES string of the molecule is CCN(CC(N)c1ccc(OC)cc1)c1ccc(F)cc1. The Kier molecular flexibility index (Phi) is 5.17. The zero-order valence-corrected chi connectivity index (χ0v) is 12.4. The topological polar surface area (TPSA) is 38.5 Å². The molecule has 0 radical (unpaired) electrons. The third-order valence-corrected chi connectivity index (χ3v) is 3.53. The highest BCUT2D eigenvalue weighted by Crippen LogP contribution is 2.20. The van der Waals surface area contributed by atoms with Crippen molar-refractivity contribution in [3.8, 4) is 5.75 Å². The van der Waals surface area contributed by atoms with Gasteiger partial charge in [0.05, 0.1) is 7.11 Å². The molecule has 0 fully saturated rings. The Bertz CT molecular complexity index is 554. The lowest BCUT2D eigenvalue weighted by molar-refractivity contribution is 0.414. The van der Waals surface area contributed by atoms with Crippen molar-refractivity contribution >= 4 is 5.69 Å². The summed E-state index contributed by atoms with van der Waals surface area (Å²) in [6, 6.07) is 14.1. The average molecular weight is 288 g/mol. The molecule has 0 aliphatic carbocycles. The number of hydrogen-bond acceptors (Lipinski definition) is 3. The molecule has 21 heavy (non-hydrogen) atoms. The Morgan fingerprint density at radius 3 is 2.24 bits per heavy atom. The zero-order chi connectivity index (χ0) is 15.2. The van der Waals surface area contributed by atoms with E-state index in [2.05, 4.69) is 11.8 Å². The summed E-state index contributed by atoms with van der Waals surface area (Å²) in [4.78, 5) is 2.13. The van der Waals surface area contributed by atoms with E-state index in [0.717, 1.165) is 23.5 Å². The van der Waals surface area contributed by atoms with Gasteiger partial charge in [-0.2, -0.15) is 0 Å². The molecule has 2 rings (SSSR count). The molecule has 0 aromatic heterocycles. The minimum atomic E-state index is -0.228. The van der Waals surface area contributed by atoms with Gasteiger partial charge < -0.3 is 15.4 Å². The molecule has 0 aliphatic rings. The number of benzene rings is 2. The van der Waals surface area contributed by atoms with Crippen LogP contribution < -0.4 is 15.4 Å². The van der Waals surface area contributed by atoms with E-state index in [9.17, 15) is 4.39 Å². The van der Waals surface area contributed by atoms with Crippen LogP contribution in [-0.4, -0.2) is 20.2 Å². The van der Waals surface area contributed by atoms with Gasteiger partial charge >= 0.3 is 0 Å². The van der Waals surface area contributed by atoms with Gasteiger partial charge in [0.1, 0.15) is 11.6 Å². The number of nitrogens with zero attached hydrogens (tertiary/aromatic N) is 1. The van der Waals surface area contributed by atoms with Gasteiger partial charge in [0, 0.05) is 24.8 Å². The maximum absolute atomic E-state index is 13.0. The summed E-state index contributed by atoms with van der Waals surface area (Å²) in [5, 5.41) is 0. The number of anilines is 1. The van der Waals surface area contributed by atoms with E-state index in [0.29, 0.717) is 6.54 Å². The summed E-state index contributed by atoms with van der Waals surface area (Å²) < 4.78 is 18.1. The van der Waals surface area contributed by atoms with Gasteiger partial charge in [-0.3, -0.25) is 0 Å². The Morgan fingerprint density at radius 2 is 1.71 bits per heavy atom. The number of hydrogen-bond donors (Lipinski definition) is 1. The molecular weight excluding hydrogens is 267 g/mol. The van der Waals surface area contributed by atoms with Crippen LogP contribution >= 0.6 is 0 Å². The van der Waals surface area contributed by atoms with Gasteiger partial charge in [-0.1, -0.05) is 12.1 Å². The maximum Gasteiger partial charge on any atom is 0.123 e. The molecular formula is C17H21FN2O. The van der Waals surface area contributed by atoms with Gasteiger partial charge in [-0.05, 0) is 48.9 Å². The van der Waals surface area contributed by atoms with Crippen molar-refractivity contribution < 1.29 is 9.13 Å². The molecule has 3 nitrogen and oxygen atoms in total. The molecule has 0 saturated carbocycles. The predicted octanol–water partition coefficient (Wildman–Crippen LogP) is 3.36. The number of rotatable bonds is 6. The lowest BCUT2D eigenvalue weighted by Gasteiger charge is -2.26. The van der Waals surface area contributed by atoms with Crippen molar-refractivity contribution in [2.45, 2.75) is 13.0 Å². The summed E-state index contributed by atoms with van der Waals surface area (Å²) in [6.45, 7) is 3.55. The van der Waals surface area contributed by atoms with Crippen LogP contribution in [0.3, 0.4) is 0 Å². The molecule has 0 spiro atoms. The normalized spacial score (nSPS) is 12.0. The van der Waals surface area contributed by atoms with Crippen LogP contribution in [0.15, 0.2) is 48.5 Å². The van der Waals surface area contributed by atoms with Crippen molar-refractivity contribution in [2.24, 2.45) is 5.73 Å². The Labute approximate surface area is 125 Å². The molecule has 2 N–H and O–H groups in total. The molecule has 0 aliphatic heterocycles. The van der Waals surface area contributed by atoms with E-state index in [1.54, 1.807) is 19.2 Å². The first-order chi connectivity index (χ1) is 10.1. The summed E-state index contributed by atoms with van der Waals surface area (Å²) in [7, 11) is 1.64. The summed E-state index contributed by atoms with van der Waals surface area (Å²) in [5.74, 6) is 0.589. The Morgan fingerprint density at radius 1 is 1.10 bits per heavy atom. The molecule has 0 amide bonds. The first kappa shape index (κ1) is 15.3. The lowest BCUT2D eigenvalue weighted by Crippen LogP contribution is -2.32. The summed E-state index contributed by atoms with van der Waals surface area (Å²) >= 11 is 0. The Hall–Kier alpha value is -2.07. The maximum atomic E-state index is 13.0. The number of likely N-dealkylation sites (N-methyl/N-ethyl adjacent to an activating group) is 1. The van der Waals surface area contributed by atoms with E-state index < -0.39 is 0 Å². The smallest absolute Gasteiger partial charge is 0.123 e. The average Bonchev–Trinajstić information content (AvgIpc) is 2.53. The highest BCUT2D eigenvalue weighted by Gasteiger charge is 2.12. The zero-order valence-electron chi connectivity index (χ0n) is 12.4. The second-order valence-corrected chi connectivity index (χ2v) is 4.89. The van der Waals surface area contributed by atoms with Gasteiger partial charge in [-0.25, -0.2) is 4.39 Å². The van der Waals surface area contributed by atoms with Crippen LogP contribution in [0.1, 0.15) is 18.5 Å². The first-order valence-corrected chi connectivity index (χ1v) is 7.04. The number of methoxy groups -OCH3 is 1. The van der Waals surface area contributed by atoms with Crippen LogP contribution in [0, 0.1) is 5.82 Å². The first-order valence-electron chi connectivity index (χ1n) is 7.04. The van der Waals surface area contributed by atoms with Crippen molar-refractivity contribution in [3.05, 3.63) is 59.9 Å². The van der Waals surface area contributed by atoms with Crippen LogP contribution in [-0.2, 0) is 0 Å². The van der Waals surface area contributed by atoms with Gasteiger partial charge in [0.15, 0.2) is 0 Å². The minimum Gasteiger partial charge on any atom is -0.497 e. The van der Waals surface area contributed by atoms with Crippen LogP contribution in [0.2, 0.25) is 0 Å². The highest BCUT2D eigenvalue weighted by molar-refractivity contribution is 5.46. The number of ether oxygens (including phenoxy) is 1. The molecule has 0 heterocycles. The largest absolute Gasteiger partial charge is 0.497 e. The molecule has 0 bridgehead atoms. The van der Waals surface area contributed by atoms with Crippen LogP contribution in [0.5, 0.6) is 5.75 Å². The van der Waals surface area contributed by atoms with Crippen molar-refractivity contribution in [1.82, 2.24) is 0 Å². The lowest BCUT2D eigenvalue weighted by atomic mass is 10.1. The predicted molar refractivity (Wildman–Crippen MR) is 84.2 cm³/mol. The number of halogens is 1. The molecule has 1 unspecified atom stereocenters. The molecule has 2 aromatic carbocycles. The van der Waals surface area contributed by atoms with E-state index in [-0.39, 0.29) is 11.9 Å². The number of nitrogens with two attached hydrogens (primary N) is 1. The van der Waals surface area contributed by atoms with Crippen LogP contribution in [0.25, 0.3) is 0 Å². The highest BCUT2D eigenvalue weighted by atomic mass is 19.1. The van der Waals surface area contributed by atoms with E-state index in [4.69, 9.17) is 10.5 Å². The fourth-order valence-electron chi connectivity index (χ4n) is 2.26. The molecule has 4 heteroatoms. The van der Waals surface area contributed by atoms with Gasteiger partial charge in [0.25, 0.3) is 0 Å². The fraction of sp³-hybridized carbons (Fsp3) is 0.294. The van der Waals surface area contributed by atoms with Gasteiger partial charge in [0.2, 0.25) is 0 Å². The van der Waals surface area contributed by atoms with Crippen molar-refractivity contribution in [3.63, 3.8) is 0 Å². The monoisotopic (exact) mass is 288 g/mol. The third kappa shape index (κ3) is 3.95. The quantitative estimate of drug-likeness (QED) is 0.886. The molecule has 112 valence electrons. The summed E-state index contributed by atoms with van der Waals surface area (Å²) in [6.07, 6.45) is 0. The molecule has 2 aromatic rings. The Balaban J connectivity index is 2.08. The van der Waals surface area contributed by atoms with Crippen molar-refractivity contribution in [1.29, 1.82) is 0 Å². The van der Waals surface area contributed by atoms with Crippen LogP contribution in [0.4, 0.5) is 10.1 Å². The second kappa shape index (κ2) is 7.09. The van der Waals surface area contributed by atoms with E-state index in [1.807, 2.05) is 24.3 Å². The van der Waals surface area contributed by atoms with E-state index >= 15 is 0 Å². The third-order valence-electron chi connectivity index (χ3n) is 3.53. The second-order valence-electron chi connectivity index (χ2n) is 4.89. The standard InChI is InChI=1S/C17H21FN2O/c1-3-20(15-8-6-14(18)7-9-15)12-17(19)13-4-10-16(21-2)11-5-13/h4-11,17H,3,12,19H2,1-2H3. The van der Waals surface area contributed by atoms with Crippen molar-refractivity contribution in [2.75, 3.05) is 25.1 Å². The van der Waals surface area contributed by atoms with E-state index in [1.165, 1.54) is 12.1 Å². The minimum absolute atomic E-state index is 0.110. The molecule has 0 saturated heterocycles. The van der Waals surface area contributed by atoms with Gasteiger partial charge in [-0.15, -0.1) is 0 Å².